The topological polar surface area (TPSA) is 26.3 Å². The molecule has 0 aromatic heterocycles. The molecule has 0 rings (SSSR count). The number of esters is 1. The molecule has 2 heteroatoms. The highest BCUT2D eigenvalue weighted by Gasteiger charge is 2.03. The molecule has 2 nitrogen and oxygen atoms in total. The van der Waals surface area contributed by atoms with E-state index in [4.69, 9.17) is 4.74 Å². The van der Waals surface area contributed by atoms with Crippen LogP contribution < -0.4 is 0 Å². The van der Waals surface area contributed by atoms with Gasteiger partial charge in [-0.05, 0) is 38.5 Å². The zero-order valence-corrected chi connectivity index (χ0v) is 39.1. The number of carbonyl (C=O) groups is 1. The van der Waals surface area contributed by atoms with E-state index in [1.165, 1.54) is 289 Å². The lowest BCUT2D eigenvalue weighted by Crippen LogP contribution is -2.05. The Kier molecular flexibility index (Phi) is 51.5. The summed E-state index contributed by atoms with van der Waals surface area (Å²) in [6, 6.07) is 0. The lowest BCUT2D eigenvalue weighted by atomic mass is 10.0. The first-order valence-electron chi connectivity index (χ1n) is 26.6. The fraction of sp³-hybridized carbons (Fsp3) is 0.944. The third-order valence-electron chi connectivity index (χ3n) is 12.4. The van der Waals surface area contributed by atoms with Crippen LogP contribution in [0.1, 0.15) is 322 Å². The summed E-state index contributed by atoms with van der Waals surface area (Å²) in [5, 5.41) is 0. The van der Waals surface area contributed by atoms with Crippen LogP contribution in [0.25, 0.3) is 0 Å². The van der Waals surface area contributed by atoms with Crippen molar-refractivity contribution in [2.75, 3.05) is 6.61 Å². The zero-order chi connectivity index (χ0) is 40.3. The highest BCUT2D eigenvalue weighted by atomic mass is 16.5. The van der Waals surface area contributed by atoms with Crippen LogP contribution in [0.15, 0.2) is 12.2 Å². The summed E-state index contributed by atoms with van der Waals surface area (Å²) >= 11 is 0. The van der Waals surface area contributed by atoms with Crippen LogP contribution in [-0.2, 0) is 9.53 Å². The van der Waals surface area contributed by atoms with Crippen LogP contribution in [0.5, 0.6) is 0 Å². The van der Waals surface area contributed by atoms with E-state index in [0.29, 0.717) is 13.0 Å². The van der Waals surface area contributed by atoms with Gasteiger partial charge in [-0.25, -0.2) is 0 Å². The molecule has 0 unspecified atom stereocenters. The van der Waals surface area contributed by atoms with E-state index >= 15 is 0 Å². The predicted octanol–water partition coefficient (Wildman–Crippen LogP) is 19.9. The fourth-order valence-electron chi connectivity index (χ4n) is 8.43. The maximum Gasteiger partial charge on any atom is 0.305 e. The third-order valence-corrected chi connectivity index (χ3v) is 12.4. The molecule has 0 bridgehead atoms. The van der Waals surface area contributed by atoms with Crippen molar-refractivity contribution in [2.45, 2.75) is 322 Å². The maximum absolute atomic E-state index is 12.1. The second-order valence-corrected chi connectivity index (χ2v) is 18.2. The van der Waals surface area contributed by atoms with Crippen molar-refractivity contribution in [1.82, 2.24) is 0 Å². The van der Waals surface area contributed by atoms with Crippen molar-refractivity contribution in [2.24, 2.45) is 0 Å². The van der Waals surface area contributed by atoms with E-state index in [1.807, 2.05) is 0 Å². The van der Waals surface area contributed by atoms with Gasteiger partial charge in [-0.2, -0.15) is 0 Å². The van der Waals surface area contributed by atoms with Crippen molar-refractivity contribution in [3.05, 3.63) is 12.2 Å². The van der Waals surface area contributed by atoms with Crippen LogP contribution in [0.3, 0.4) is 0 Å². The SMILES string of the molecule is CCCCCCCCC=CCCCCCCCCCCCC(=O)OCCCCCCCCCCCCCCCCCCCCCCCCCCCCCCCC. The second-order valence-electron chi connectivity index (χ2n) is 18.2. The third kappa shape index (κ3) is 51.2. The van der Waals surface area contributed by atoms with Gasteiger partial charge >= 0.3 is 5.97 Å². The van der Waals surface area contributed by atoms with E-state index in [-0.39, 0.29) is 5.97 Å². The Bertz CT molecular complexity index is 728. The van der Waals surface area contributed by atoms with Crippen LogP contribution in [-0.4, -0.2) is 12.6 Å². The first kappa shape index (κ1) is 55.2. The average molecular weight is 787 g/mol. The lowest BCUT2D eigenvalue weighted by Gasteiger charge is -2.06. The Morgan fingerprint density at radius 3 is 0.768 bits per heavy atom. The maximum atomic E-state index is 12.1. The highest BCUT2D eigenvalue weighted by Crippen LogP contribution is 2.17. The molecule has 0 aromatic carbocycles. The van der Waals surface area contributed by atoms with Crippen LogP contribution in [0.2, 0.25) is 0 Å². The second kappa shape index (κ2) is 52.2. The summed E-state index contributed by atoms with van der Waals surface area (Å²) in [5.41, 5.74) is 0. The summed E-state index contributed by atoms with van der Waals surface area (Å²) in [6.45, 7) is 5.23. The molecule has 0 N–H and O–H groups in total. The predicted molar refractivity (Wildman–Crippen MR) is 253 cm³/mol. The molecule has 0 heterocycles. The van der Waals surface area contributed by atoms with Gasteiger partial charge in [0, 0.05) is 6.42 Å². The summed E-state index contributed by atoms with van der Waals surface area (Å²) < 4.78 is 5.50. The van der Waals surface area contributed by atoms with E-state index < -0.39 is 0 Å². The first-order chi connectivity index (χ1) is 27.8. The number of unbranched alkanes of at least 4 members (excludes halogenated alkanes) is 44. The van der Waals surface area contributed by atoms with Crippen LogP contribution in [0, 0.1) is 0 Å². The van der Waals surface area contributed by atoms with E-state index in [0.717, 1.165) is 12.8 Å². The number of hydrogen-bond donors (Lipinski definition) is 0. The molecule has 334 valence electrons. The molecular weight excluding hydrogens is 681 g/mol. The van der Waals surface area contributed by atoms with Gasteiger partial charge in [0.1, 0.15) is 0 Å². The molecule has 0 saturated carbocycles. The van der Waals surface area contributed by atoms with E-state index in [1.54, 1.807) is 0 Å². The van der Waals surface area contributed by atoms with E-state index in [2.05, 4.69) is 26.0 Å². The summed E-state index contributed by atoms with van der Waals surface area (Å²) in [6.07, 6.45) is 70.9. The number of hydrogen-bond acceptors (Lipinski definition) is 2. The molecule has 0 saturated heterocycles. The quantitative estimate of drug-likeness (QED) is 0.0349. The molecule has 0 aliphatic rings. The molecule has 0 radical (unpaired) electrons. The molecule has 0 amide bonds. The van der Waals surface area contributed by atoms with Gasteiger partial charge in [0.05, 0.1) is 6.61 Å². The van der Waals surface area contributed by atoms with Crippen molar-refractivity contribution in [3.63, 3.8) is 0 Å². The monoisotopic (exact) mass is 787 g/mol. The van der Waals surface area contributed by atoms with Crippen LogP contribution >= 0.6 is 0 Å². The smallest absolute Gasteiger partial charge is 0.305 e. The number of carbonyl (C=O) groups excluding carboxylic acids is 1. The van der Waals surface area contributed by atoms with Gasteiger partial charge in [0.2, 0.25) is 0 Å². The Hall–Kier alpha value is -0.790. The number of allylic oxidation sites excluding steroid dienone is 2. The minimum atomic E-state index is 0.0291. The molecule has 0 aromatic rings. The largest absolute Gasteiger partial charge is 0.466 e. The van der Waals surface area contributed by atoms with Crippen molar-refractivity contribution < 1.29 is 9.53 Å². The number of ether oxygens (including phenoxy) is 1. The fourth-order valence-corrected chi connectivity index (χ4v) is 8.43. The minimum absolute atomic E-state index is 0.0291. The molecule has 0 atom stereocenters. The Labute approximate surface area is 355 Å². The molecule has 0 spiro atoms. The summed E-state index contributed by atoms with van der Waals surface area (Å²) in [4.78, 5) is 12.1. The molecule has 0 fully saturated rings. The van der Waals surface area contributed by atoms with Crippen molar-refractivity contribution in [1.29, 1.82) is 0 Å². The Morgan fingerprint density at radius 2 is 0.500 bits per heavy atom. The van der Waals surface area contributed by atoms with Gasteiger partial charge in [0.15, 0.2) is 0 Å². The van der Waals surface area contributed by atoms with Crippen molar-refractivity contribution in [3.8, 4) is 0 Å². The van der Waals surface area contributed by atoms with Gasteiger partial charge in [0.25, 0.3) is 0 Å². The zero-order valence-electron chi connectivity index (χ0n) is 39.1. The van der Waals surface area contributed by atoms with E-state index in [9.17, 15) is 4.79 Å². The van der Waals surface area contributed by atoms with Gasteiger partial charge < -0.3 is 4.74 Å². The van der Waals surface area contributed by atoms with Gasteiger partial charge in [-0.3, -0.25) is 4.79 Å². The normalized spacial score (nSPS) is 11.7. The standard InChI is InChI=1S/C54H106O2/c1-3-5-7-9-11-13-15-17-19-21-23-24-25-26-27-28-29-30-31-32-33-35-37-39-41-43-45-47-49-51-53-56-54(55)52-50-48-46-44-42-40-38-36-34-22-20-18-16-14-12-10-8-6-4-2/h18,20H,3-17,19,21-53H2,1-2H3. The average Bonchev–Trinajstić information content (AvgIpc) is 3.20. The minimum Gasteiger partial charge on any atom is -0.466 e. The van der Waals surface area contributed by atoms with Gasteiger partial charge in [-0.1, -0.05) is 289 Å². The Morgan fingerprint density at radius 1 is 0.286 bits per heavy atom. The van der Waals surface area contributed by atoms with Gasteiger partial charge in [-0.15, -0.1) is 0 Å². The Balaban J connectivity index is 3.15. The molecule has 0 aliphatic heterocycles. The summed E-state index contributed by atoms with van der Waals surface area (Å²) in [5.74, 6) is 0.0291. The molecule has 0 aliphatic carbocycles. The number of rotatable bonds is 50. The molecule has 56 heavy (non-hydrogen) atoms. The molecular formula is C54H106O2. The summed E-state index contributed by atoms with van der Waals surface area (Å²) in [7, 11) is 0. The lowest BCUT2D eigenvalue weighted by molar-refractivity contribution is -0.143. The first-order valence-corrected chi connectivity index (χ1v) is 26.6. The highest BCUT2D eigenvalue weighted by molar-refractivity contribution is 5.69. The van der Waals surface area contributed by atoms with Crippen molar-refractivity contribution >= 4 is 5.97 Å². The van der Waals surface area contributed by atoms with Crippen LogP contribution in [0.4, 0.5) is 0 Å².